The van der Waals surface area contributed by atoms with E-state index in [1.165, 1.54) is 0 Å². The molecule has 1 N–H and O–H groups in total. The number of methoxy groups -OCH3 is 2. The van der Waals surface area contributed by atoms with Crippen LogP contribution < -0.4 is 9.47 Å². The number of aromatic amines is 1. The van der Waals surface area contributed by atoms with Crippen LogP contribution >= 0.6 is 11.3 Å². The maximum Gasteiger partial charge on any atom is 0.180 e. The van der Waals surface area contributed by atoms with Gasteiger partial charge in [-0.05, 0) is 58.7 Å². The van der Waals surface area contributed by atoms with Crippen LogP contribution in [-0.2, 0) is 0 Å². The Kier molecular flexibility index (Phi) is 8.07. The number of thiophene rings is 1. The van der Waals surface area contributed by atoms with Crippen molar-refractivity contribution < 1.29 is 9.47 Å². The lowest BCUT2D eigenvalue weighted by atomic mass is 10.0. The SMILES string of the molecule is COc1c(OC)c2sc1c(-c1ccccc1)c1nc(c(-c3ccccc3)c3ccc([nH]3)c(-c3ccccc3)c3nc(c2-c2ccccc2)C=C3)C=C1. The summed E-state index contributed by atoms with van der Waals surface area (Å²) in [5, 5.41) is 0. The zero-order chi connectivity index (χ0) is 35.0. The number of benzene rings is 4. The third-order valence-electron chi connectivity index (χ3n) is 9.46. The minimum Gasteiger partial charge on any atom is -0.491 e. The van der Waals surface area contributed by atoms with Crippen molar-refractivity contribution in [2.45, 2.75) is 0 Å². The first kappa shape index (κ1) is 31.5. The van der Waals surface area contributed by atoms with E-state index in [-0.39, 0.29) is 0 Å². The topological polar surface area (TPSA) is 60.0 Å². The highest BCUT2D eigenvalue weighted by Gasteiger charge is 2.25. The van der Waals surface area contributed by atoms with Crippen molar-refractivity contribution in [1.29, 1.82) is 0 Å². The van der Waals surface area contributed by atoms with E-state index in [1.807, 2.05) is 24.3 Å². The van der Waals surface area contributed by atoms with Gasteiger partial charge in [-0.25, -0.2) is 9.97 Å². The lowest BCUT2D eigenvalue weighted by Gasteiger charge is -2.08. The summed E-state index contributed by atoms with van der Waals surface area (Å²) >= 11 is 1.64. The zero-order valence-electron chi connectivity index (χ0n) is 28.6. The molecular weight excluding hydrogens is 659 g/mol. The van der Waals surface area contributed by atoms with Gasteiger partial charge in [0, 0.05) is 33.3 Å². The second-order valence-electron chi connectivity index (χ2n) is 12.5. The highest BCUT2D eigenvalue weighted by Crippen LogP contribution is 2.52. The Morgan fingerprint density at radius 1 is 0.404 bits per heavy atom. The van der Waals surface area contributed by atoms with Gasteiger partial charge in [-0.3, -0.25) is 0 Å². The zero-order valence-corrected chi connectivity index (χ0v) is 29.4. The van der Waals surface area contributed by atoms with Crippen molar-refractivity contribution >= 4 is 56.1 Å². The number of fused-ring (bicyclic) bond motifs is 8. The first-order valence-corrected chi connectivity index (χ1v) is 18.0. The van der Waals surface area contributed by atoms with Gasteiger partial charge in [-0.1, -0.05) is 121 Å². The van der Waals surface area contributed by atoms with Crippen molar-refractivity contribution in [3.63, 3.8) is 0 Å². The fourth-order valence-electron chi connectivity index (χ4n) is 7.16. The number of aromatic nitrogens is 3. The quantitative estimate of drug-likeness (QED) is 0.189. The van der Waals surface area contributed by atoms with Gasteiger partial charge in [-0.2, -0.15) is 0 Å². The van der Waals surface area contributed by atoms with Gasteiger partial charge >= 0.3 is 0 Å². The molecule has 0 radical (unpaired) electrons. The molecule has 0 atom stereocenters. The molecule has 2 aliphatic rings. The van der Waals surface area contributed by atoms with Crippen LogP contribution in [0, 0.1) is 0 Å². The number of H-pyrrole nitrogens is 1. The molecule has 250 valence electrons. The highest BCUT2D eigenvalue weighted by molar-refractivity contribution is 7.25. The first-order valence-electron chi connectivity index (χ1n) is 17.2. The molecule has 0 saturated heterocycles. The van der Waals surface area contributed by atoms with Crippen LogP contribution in [0.4, 0.5) is 0 Å². The van der Waals surface area contributed by atoms with Crippen LogP contribution in [0.15, 0.2) is 133 Å². The van der Waals surface area contributed by atoms with E-state index < -0.39 is 0 Å². The summed E-state index contributed by atoms with van der Waals surface area (Å²) in [6, 6.07) is 46.0. The summed E-state index contributed by atoms with van der Waals surface area (Å²) in [5.41, 5.74) is 13.5. The van der Waals surface area contributed by atoms with Gasteiger partial charge in [0.05, 0.1) is 46.4 Å². The lowest BCUT2D eigenvalue weighted by molar-refractivity contribution is 0.363. The minimum absolute atomic E-state index is 0.660. The molecule has 8 bridgehead atoms. The van der Waals surface area contributed by atoms with Crippen molar-refractivity contribution in [2.24, 2.45) is 0 Å². The Hall–Kier alpha value is -6.50. The summed E-state index contributed by atoms with van der Waals surface area (Å²) in [6.45, 7) is 0. The van der Waals surface area contributed by atoms with Crippen molar-refractivity contribution in [1.82, 2.24) is 15.0 Å². The third kappa shape index (κ3) is 5.41. The lowest BCUT2D eigenvalue weighted by Crippen LogP contribution is -1.90. The minimum atomic E-state index is 0.660. The standard InChI is InChI=1S/C46H33N3O2S/c1-50-43-44(51-2)46-42(32-21-13-6-14-22-32)38-28-26-36(49-38)40(30-17-9-4-10-18-30)34-24-23-33(47-34)39(29-15-7-3-8-16-29)35-25-27-37(48-35)41(45(43)52-46)31-19-11-5-12-20-31/h3-28,47H,1-2H3. The first-order chi connectivity index (χ1) is 25.7. The van der Waals surface area contributed by atoms with Gasteiger partial charge in [0.25, 0.3) is 0 Å². The molecule has 6 heteroatoms. The molecule has 0 spiro atoms. The average Bonchev–Trinajstić information content (AvgIpc) is 4.03. The van der Waals surface area contributed by atoms with Gasteiger partial charge in [0.15, 0.2) is 11.5 Å². The molecule has 0 fully saturated rings. The molecule has 4 aromatic carbocycles. The fourth-order valence-corrected chi connectivity index (χ4v) is 8.55. The molecule has 52 heavy (non-hydrogen) atoms. The van der Waals surface area contributed by atoms with E-state index in [1.54, 1.807) is 25.6 Å². The smallest absolute Gasteiger partial charge is 0.180 e. The Balaban J connectivity index is 1.55. The molecule has 5 nitrogen and oxygen atoms in total. The van der Waals surface area contributed by atoms with Crippen molar-refractivity contribution in [3.05, 3.63) is 156 Å². The van der Waals surface area contributed by atoms with Crippen LogP contribution in [0.25, 0.3) is 89.2 Å². The van der Waals surface area contributed by atoms with Crippen LogP contribution in [0.5, 0.6) is 11.5 Å². The Morgan fingerprint density at radius 2 is 0.712 bits per heavy atom. The van der Waals surface area contributed by atoms with E-state index >= 15 is 0 Å². The van der Waals surface area contributed by atoms with Gasteiger partial charge in [-0.15, -0.1) is 11.3 Å². The molecule has 3 aromatic heterocycles. The monoisotopic (exact) mass is 691 g/mol. The van der Waals surface area contributed by atoms with Crippen LogP contribution in [0.2, 0.25) is 0 Å². The van der Waals surface area contributed by atoms with Gasteiger partial charge < -0.3 is 14.5 Å². The van der Waals surface area contributed by atoms with Crippen LogP contribution in [-0.4, -0.2) is 29.2 Å². The summed E-state index contributed by atoms with van der Waals surface area (Å²) in [6.07, 6.45) is 8.46. The predicted octanol–water partition coefficient (Wildman–Crippen LogP) is 12.1. The van der Waals surface area contributed by atoms with Crippen LogP contribution in [0.3, 0.4) is 0 Å². The fraction of sp³-hybridized carbons (Fsp3) is 0.0435. The maximum atomic E-state index is 6.26. The average molecular weight is 692 g/mol. The third-order valence-corrected chi connectivity index (χ3v) is 10.7. The summed E-state index contributed by atoms with van der Waals surface area (Å²) in [7, 11) is 3.41. The summed E-state index contributed by atoms with van der Waals surface area (Å²) < 4.78 is 14.4. The van der Waals surface area contributed by atoms with Crippen LogP contribution in [0.1, 0.15) is 22.8 Å². The Bertz CT molecular complexity index is 2500. The number of hydrogen-bond acceptors (Lipinski definition) is 5. The van der Waals surface area contributed by atoms with E-state index in [0.717, 1.165) is 87.7 Å². The van der Waals surface area contributed by atoms with E-state index in [0.29, 0.717) is 11.5 Å². The molecule has 2 aliphatic heterocycles. The van der Waals surface area contributed by atoms with E-state index in [2.05, 4.69) is 138 Å². The molecular formula is C46H33N3O2S. The Morgan fingerprint density at radius 3 is 1.04 bits per heavy atom. The second kappa shape index (κ2) is 13.3. The Labute approximate surface area is 305 Å². The number of ether oxygens (including phenoxy) is 2. The van der Waals surface area contributed by atoms with Gasteiger partial charge in [0.1, 0.15) is 0 Å². The van der Waals surface area contributed by atoms with Crippen molar-refractivity contribution in [2.75, 3.05) is 14.2 Å². The maximum absolute atomic E-state index is 6.26. The van der Waals surface area contributed by atoms with Gasteiger partial charge in [0.2, 0.25) is 0 Å². The molecule has 5 heterocycles. The molecule has 9 rings (SSSR count). The van der Waals surface area contributed by atoms with E-state index in [9.17, 15) is 0 Å². The summed E-state index contributed by atoms with van der Waals surface area (Å²) in [4.78, 5) is 14.6. The van der Waals surface area contributed by atoms with E-state index in [4.69, 9.17) is 19.4 Å². The molecule has 0 saturated carbocycles. The largest absolute Gasteiger partial charge is 0.491 e. The van der Waals surface area contributed by atoms with Crippen molar-refractivity contribution in [3.8, 4) is 56.0 Å². The molecule has 0 unspecified atom stereocenters. The molecule has 7 aromatic rings. The second-order valence-corrected chi connectivity index (χ2v) is 13.5. The summed E-state index contributed by atoms with van der Waals surface area (Å²) in [5.74, 6) is 1.32. The molecule has 0 amide bonds. The number of nitrogens with zero attached hydrogens (tertiary/aromatic N) is 2. The number of nitrogens with one attached hydrogen (secondary N) is 1. The molecule has 0 aliphatic carbocycles. The highest BCUT2D eigenvalue weighted by atomic mass is 32.1. The number of hydrogen-bond donors (Lipinski definition) is 1. The predicted molar refractivity (Wildman–Crippen MR) is 217 cm³/mol. The number of rotatable bonds is 6. The normalized spacial score (nSPS) is 11.9.